The summed E-state index contributed by atoms with van der Waals surface area (Å²) in [6, 6.07) is 2.23. The summed E-state index contributed by atoms with van der Waals surface area (Å²) in [5.41, 5.74) is 7.49. The average molecular weight is 261 g/mol. The van der Waals surface area contributed by atoms with Crippen molar-refractivity contribution in [2.75, 3.05) is 6.61 Å². The van der Waals surface area contributed by atoms with Crippen LogP contribution in [0.2, 0.25) is 0 Å². The molecule has 3 heteroatoms. The largest absolute Gasteiger partial charge is 0.396 e. The molecule has 96 valence electrons. The molecule has 0 spiro atoms. The molecule has 0 saturated heterocycles. The molecular weight excluding hydrogens is 242 g/mol. The second-order valence-electron chi connectivity index (χ2n) is 4.75. The predicted octanol–water partition coefficient (Wildman–Crippen LogP) is 3.58. The van der Waals surface area contributed by atoms with Crippen LogP contribution >= 0.6 is 11.3 Å². The maximum absolute atomic E-state index is 8.96. The first kappa shape index (κ1) is 13.2. The average Bonchev–Trinajstić information content (AvgIpc) is 2.76. The lowest BCUT2D eigenvalue weighted by molar-refractivity contribution is 0.298. The number of aliphatic hydroxyl groups excluding tert-OH is 1. The van der Waals surface area contributed by atoms with Gasteiger partial charge in [-0.3, -0.25) is 0 Å². The zero-order chi connectivity index (χ0) is 13.3. The summed E-state index contributed by atoms with van der Waals surface area (Å²) >= 11 is 1.67. The number of aryl methyl sites for hydroxylation is 2. The second-order valence-corrected chi connectivity index (χ2v) is 5.61. The van der Waals surface area contributed by atoms with Crippen molar-refractivity contribution in [3.8, 4) is 10.6 Å². The first-order valence-corrected chi connectivity index (χ1v) is 7.05. The molecule has 1 heterocycles. The third-order valence-corrected chi connectivity index (χ3v) is 4.41. The van der Waals surface area contributed by atoms with Crippen molar-refractivity contribution in [3.05, 3.63) is 39.4 Å². The molecule has 0 saturated carbocycles. The van der Waals surface area contributed by atoms with Crippen LogP contribution in [0.3, 0.4) is 0 Å². The summed E-state index contributed by atoms with van der Waals surface area (Å²) in [4.78, 5) is 4.63. The Morgan fingerprint density at radius 3 is 2.28 bits per heavy atom. The van der Waals surface area contributed by atoms with Gasteiger partial charge in [0, 0.05) is 24.0 Å². The number of thiazole rings is 1. The summed E-state index contributed by atoms with van der Waals surface area (Å²) in [6.07, 6.45) is 0.638. The van der Waals surface area contributed by atoms with Crippen LogP contribution < -0.4 is 0 Å². The molecule has 0 amide bonds. The van der Waals surface area contributed by atoms with Gasteiger partial charge < -0.3 is 5.11 Å². The van der Waals surface area contributed by atoms with Crippen LogP contribution in [-0.4, -0.2) is 16.7 Å². The second kappa shape index (κ2) is 5.21. The molecule has 0 aliphatic rings. The molecular formula is C15H19NOS. The molecule has 2 nitrogen and oxygen atoms in total. The Morgan fingerprint density at radius 1 is 1.11 bits per heavy atom. The molecule has 2 rings (SSSR count). The van der Waals surface area contributed by atoms with E-state index in [1.165, 1.54) is 27.8 Å². The van der Waals surface area contributed by atoms with Crippen LogP contribution in [0.15, 0.2) is 11.4 Å². The van der Waals surface area contributed by atoms with Crippen molar-refractivity contribution in [1.29, 1.82) is 0 Å². The number of hydrogen-bond donors (Lipinski definition) is 1. The van der Waals surface area contributed by atoms with E-state index in [-0.39, 0.29) is 6.61 Å². The van der Waals surface area contributed by atoms with Gasteiger partial charge in [-0.1, -0.05) is 6.07 Å². The topological polar surface area (TPSA) is 33.1 Å². The Labute approximate surface area is 112 Å². The van der Waals surface area contributed by atoms with E-state index in [0.717, 1.165) is 10.7 Å². The van der Waals surface area contributed by atoms with Crippen LogP contribution in [-0.2, 0) is 6.42 Å². The fourth-order valence-electron chi connectivity index (χ4n) is 2.19. The third kappa shape index (κ3) is 2.33. The van der Waals surface area contributed by atoms with E-state index in [0.29, 0.717) is 6.42 Å². The standard InChI is InChI=1S/C15H19NOS/c1-9-7-10(2)12(4)14(11(9)3)15-16-13(5-6-17)8-18-15/h7-8,17H,5-6H2,1-4H3. The van der Waals surface area contributed by atoms with Gasteiger partial charge in [0.1, 0.15) is 5.01 Å². The monoisotopic (exact) mass is 261 g/mol. The lowest BCUT2D eigenvalue weighted by Gasteiger charge is -2.13. The quantitative estimate of drug-likeness (QED) is 0.916. The number of benzene rings is 1. The van der Waals surface area contributed by atoms with Crippen molar-refractivity contribution in [3.63, 3.8) is 0 Å². The van der Waals surface area contributed by atoms with Crippen LogP contribution in [0.25, 0.3) is 10.6 Å². The van der Waals surface area contributed by atoms with E-state index in [1.807, 2.05) is 5.38 Å². The molecule has 2 aromatic rings. The van der Waals surface area contributed by atoms with Crippen molar-refractivity contribution < 1.29 is 5.11 Å². The molecule has 0 unspecified atom stereocenters. The van der Waals surface area contributed by atoms with E-state index in [4.69, 9.17) is 5.11 Å². The lowest BCUT2D eigenvalue weighted by atomic mass is 9.94. The Morgan fingerprint density at radius 2 is 1.72 bits per heavy atom. The first-order valence-electron chi connectivity index (χ1n) is 6.17. The van der Waals surface area contributed by atoms with Crippen molar-refractivity contribution in [1.82, 2.24) is 4.98 Å². The Bertz CT molecular complexity index is 546. The summed E-state index contributed by atoms with van der Waals surface area (Å²) in [7, 11) is 0. The molecule has 0 aliphatic carbocycles. The van der Waals surface area contributed by atoms with Crippen molar-refractivity contribution in [2.45, 2.75) is 34.1 Å². The zero-order valence-electron chi connectivity index (χ0n) is 11.4. The van der Waals surface area contributed by atoms with Crippen molar-refractivity contribution in [2.24, 2.45) is 0 Å². The van der Waals surface area contributed by atoms with Gasteiger partial charge in [-0.05, 0) is 49.9 Å². The van der Waals surface area contributed by atoms with E-state index < -0.39 is 0 Å². The van der Waals surface area contributed by atoms with E-state index in [2.05, 4.69) is 38.7 Å². The van der Waals surface area contributed by atoms with Gasteiger partial charge in [-0.15, -0.1) is 11.3 Å². The zero-order valence-corrected chi connectivity index (χ0v) is 12.2. The Balaban J connectivity index is 2.55. The van der Waals surface area contributed by atoms with Crippen LogP contribution in [0.5, 0.6) is 0 Å². The highest BCUT2D eigenvalue weighted by Gasteiger charge is 2.13. The molecule has 1 N–H and O–H groups in total. The third-order valence-electron chi connectivity index (χ3n) is 3.50. The number of aromatic nitrogens is 1. The highest BCUT2D eigenvalue weighted by atomic mass is 32.1. The van der Waals surface area contributed by atoms with Gasteiger partial charge in [0.2, 0.25) is 0 Å². The van der Waals surface area contributed by atoms with Gasteiger partial charge in [-0.2, -0.15) is 0 Å². The summed E-state index contributed by atoms with van der Waals surface area (Å²) in [5.74, 6) is 0. The highest BCUT2D eigenvalue weighted by molar-refractivity contribution is 7.13. The van der Waals surface area contributed by atoms with E-state index in [1.54, 1.807) is 11.3 Å². The normalized spacial score (nSPS) is 10.9. The number of aliphatic hydroxyl groups is 1. The van der Waals surface area contributed by atoms with Gasteiger partial charge in [0.05, 0.1) is 5.69 Å². The molecule has 0 aliphatic heterocycles. The lowest BCUT2D eigenvalue weighted by Crippen LogP contribution is -1.96. The fourth-order valence-corrected chi connectivity index (χ4v) is 3.20. The van der Waals surface area contributed by atoms with Crippen molar-refractivity contribution >= 4 is 11.3 Å². The minimum atomic E-state index is 0.161. The number of nitrogens with zero attached hydrogens (tertiary/aromatic N) is 1. The van der Waals surface area contributed by atoms with E-state index in [9.17, 15) is 0 Å². The molecule has 1 aromatic heterocycles. The summed E-state index contributed by atoms with van der Waals surface area (Å²) in [6.45, 7) is 8.77. The van der Waals surface area contributed by atoms with Gasteiger partial charge in [0.15, 0.2) is 0 Å². The summed E-state index contributed by atoms with van der Waals surface area (Å²) in [5, 5.41) is 12.1. The molecule has 0 radical (unpaired) electrons. The highest BCUT2D eigenvalue weighted by Crippen LogP contribution is 2.33. The summed E-state index contributed by atoms with van der Waals surface area (Å²) < 4.78 is 0. The fraction of sp³-hybridized carbons (Fsp3) is 0.400. The van der Waals surface area contributed by atoms with Gasteiger partial charge >= 0.3 is 0 Å². The molecule has 1 aromatic carbocycles. The van der Waals surface area contributed by atoms with Crippen LogP contribution in [0, 0.1) is 27.7 Å². The smallest absolute Gasteiger partial charge is 0.124 e. The van der Waals surface area contributed by atoms with Crippen LogP contribution in [0.1, 0.15) is 27.9 Å². The Hall–Kier alpha value is -1.19. The predicted molar refractivity (Wildman–Crippen MR) is 77.3 cm³/mol. The van der Waals surface area contributed by atoms with Gasteiger partial charge in [-0.25, -0.2) is 4.98 Å². The Kier molecular flexibility index (Phi) is 3.83. The minimum Gasteiger partial charge on any atom is -0.396 e. The number of hydrogen-bond acceptors (Lipinski definition) is 3. The maximum atomic E-state index is 8.96. The van der Waals surface area contributed by atoms with E-state index >= 15 is 0 Å². The minimum absolute atomic E-state index is 0.161. The molecule has 18 heavy (non-hydrogen) atoms. The van der Waals surface area contributed by atoms with Crippen LogP contribution in [0.4, 0.5) is 0 Å². The molecule has 0 fully saturated rings. The SMILES string of the molecule is Cc1cc(C)c(C)c(-c2nc(CCO)cs2)c1C. The van der Waals surface area contributed by atoms with Gasteiger partial charge in [0.25, 0.3) is 0 Å². The maximum Gasteiger partial charge on any atom is 0.124 e. The molecule has 0 bridgehead atoms. The first-order chi connectivity index (χ1) is 8.54. The number of rotatable bonds is 3. The molecule has 0 atom stereocenters.